The summed E-state index contributed by atoms with van der Waals surface area (Å²) in [6, 6.07) is -0.0520. The molecule has 0 aliphatic carbocycles. The van der Waals surface area contributed by atoms with Gasteiger partial charge in [0.2, 0.25) is 0 Å². The molecule has 1 heterocycles. The van der Waals surface area contributed by atoms with E-state index in [-0.39, 0.29) is 24.9 Å². The molecule has 1 rings (SSSR count). The molecule has 0 atom stereocenters. The van der Waals surface area contributed by atoms with Gasteiger partial charge in [0.25, 0.3) is 5.91 Å². The Bertz CT molecular complexity index is 412. The second kappa shape index (κ2) is 5.47. The van der Waals surface area contributed by atoms with Gasteiger partial charge in [-0.2, -0.15) is 0 Å². The number of aromatic nitrogens is 2. The monoisotopic (exact) mass is 239 g/mol. The van der Waals surface area contributed by atoms with Gasteiger partial charge in [-0.15, -0.1) is 0 Å². The quantitative estimate of drug-likeness (QED) is 0.822. The Labute approximate surface area is 99.9 Å². The zero-order valence-corrected chi connectivity index (χ0v) is 10.3. The number of carbonyl (C=O) groups is 2. The summed E-state index contributed by atoms with van der Waals surface area (Å²) in [5, 5.41) is 8.64. The molecule has 0 bridgehead atoms. The summed E-state index contributed by atoms with van der Waals surface area (Å²) in [6.45, 7) is 3.90. The number of amides is 1. The number of rotatable bonds is 5. The van der Waals surface area contributed by atoms with Crippen LogP contribution in [0, 0.1) is 0 Å². The lowest BCUT2D eigenvalue weighted by atomic mass is 10.2. The van der Waals surface area contributed by atoms with Crippen molar-refractivity contribution in [1.82, 2.24) is 14.5 Å². The predicted molar refractivity (Wildman–Crippen MR) is 61.6 cm³/mol. The molecule has 1 amide bonds. The minimum Gasteiger partial charge on any atom is -0.481 e. The molecule has 17 heavy (non-hydrogen) atoms. The van der Waals surface area contributed by atoms with Gasteiger partial charge in [-0.05, 0) is 13.8 Å². The van der Waals surface area contributed by atoms with E-state index in [2.05, 4.69) is 4.98 Å². The van der Waals surface area contributed by atoms with Crippen molar-refractivity contribution in [3.05, 3.63) is 18.2 Å². The fourth-order valence-electron chi connectivity index (χ4n) is 1.48. The molecule has 0 saturated carbocycles. The summed E-state index contributed by atoms with van der Waals surface area (Å²) in [6.07, 6.45) is 3.11. The van der Waals surface area contributed by atoms with Crippen molar-refractivity contribution in [3.8, 4) is 0 Å². The van der Waals surface area contributed by atoms with Crippen molar-refractivity contribution in [3.63, 3.8) is 0 Å². The zero-order valence-electron chi connectivity index (χ0n) is 10.3. The highest BCUT2D eigenvalue weighted by molar-refractivity contribution is 5.92. The highest BCUT2D eigenvalue weighted by atomic mass is 16.4. The average molecular weight is 239 g/mol. The molecule has 94 valence electrons. The number of nitrogens with zero attached hydrogens (tertiary/aromatic N) is 3. The van der Waals surface area contributed by atoms with Crippen LogP contribution in [0.1, 0.15) is 30.8 Å². The second-order valence-corrected chi connectivity index (χ2v) is 4.16. The SMILES string of the molecule is CC(C)N(CCC(=O)O)C(=O)c1cn(C)cn1. The Balaban J connectivity index is 2.77. The first-order chi connectivity index (χ1) is 7.91. The maximum atomic E-state index is 12.1. The number of hydrogen-bond acceptors (Lipinski definition) is 3. The van der Waals surface area contributed by atoms with Crippen molar-refractivity contribution >= 4 is 11.9 Å². The van der Waals surface area contributed by atoms with Crippen LogP contribution < -0.4 is 0 Å². The Morgan fingerprint density at radius 1 is 1.53 bits per heavy atom. The van der Waals surface area contributed by atoms with Gasteiger partial charge < -0.3 is 14.6 Å². The van der Waals surface area contributed by atoms with E-state index in [0.29, 0.717) is 5.69 Å². The Kier molecular flexibility index (Phi) is 4.25. The van der Waals surface area contributed by atoms with Crippen molar-refractivity contribution < 1.29 is 14.7 Å². The number of carboxylic acids is 1. The van der Waals surface area contributed by atoms with E-state index >= 15 is 0 Å². The normalized spacial score (nSPS) is 10.6. The molecule has 1 aromatic rings. The predicted octanol–water partition coefficient (Wildman–Crippen LogP) is 0.745. The van der Waals surface area contributed by atoms with Crippen LogP contribution in [-0.2, 0) is 11.8 Å². The average Bonchev–Trinajstić information content (AvgIpc) is 2.63. The third kappa shape index (κ3) is 3.58. The van der Waals surface area contributed by atoms with Gasteiger partial charge >= 0.3 is 5.97 Å². The van der Waals surface area contributed by atoms with Crippen molar-refractivity contribution in [2.45, 2.75) is 26.3 Å². The fourth-order valence-corrected chi connectivity index (χ4v) is 1.48. The van der Waals surface area contributed by atoms with Crippen molar-refractivity contribution in [1.29, 1.82) is 0 Å². The molecular weight excluding hydrogens is 222 g/mol. The molecule has 0 radical (unpaired) electrons. The van der Waals surface area contributed by atoms with Crippen LogP contribution in [0.4, 0.5) is 0 Å². The van der Waals surface area contributed by atoms with Crippen LogP contribution in [0.25, 0.3) is 0 Å². The molecule has 6 heteroatoms. The first-order valence-corrected chi connectivity index (χ1v) is 5.42. The summed E-state index contributed by atoms with van der Waals surface area (Å²) in [7, 11) is 1.78. The highest BCUT2D eigenvalue weighted by Gasteiger charge is 2.21. The van der Waals surface area contributed by atoms with E-state index in [1.54, 1.807) is 24.1 Å². The third-order valence-electron chi connectivity index (χ3n) is 2.37. The lowest BCUT2D eigenvalue weighted by Gasteiger charge is -2.25. The Morgan fingerprint density at radius 2 is 2.18 bits per heavy atom. The van der Waals surface area contributed by atoms with E-state index in [1.807, 2.05) is 13.8 Å². The van der Waals surface area contributed by atoms with E-state index in [1.165, 1.54) is 4.90 Å². The number of aliphatic carboxylic acids is 1. The molecule has 1 N–H and O–H groups in total. The zero-order chi connectivity index (χ0) is 13.0. The molecule has 6 nitrogen and oxygen atoms in total. The second-order valence-electron chi connectivity index (χ2n) is 4.16. The van der Waals surface area contributed by atoms with Gasteiger partial charge in [0.15, 0.2) is 0 Å². The Morgan fingerprint density at radius 3 is 2.59 bits per heavy atom. The van der Waals surface area contributed by atoms with E-state index < -0.39 is 5.97 Å². The molecule has 0 spiro atoms. The van der Waals surface area contributed by atoms with Gasteiger partial charge in [0.1, 0.15) is 5.69 Å². The van der Waals surface area contributed by atoms with Gasteiger partial charge in [-0.1, -0.05) is 0 Å². The standard InChI is InChI=1S/C11H17N3O3/c1-8(2)14(5-4-10(15)16)11(17)9-6-13(3)7-12-9/h6-8H,4-5H2,1-3H3,(H,15,16). The molecule has 0 aliphatic heterocycles. The van der Waals surface area contributed by atoms with Crippen LogP contribution in [0.15, 0.2) is 12.5 Å². The van der Waals surface area contributed by atoms with Crippen LogP contribution in [-0.4, -0.2) is 44.0 Å². The maximum Gasteiger partial charge on any atom is 0.305 e. The van der Waals surface area contributed by atoms with Crippen LogP contribution in [0.5, 0.6) is 0 Å². The maximum absolute atomic E-state index is 12.1. The summed E-state index contributed by atoms with van der Waals surface area (Å²) < 4.78 is 1.68. The van der Waals surface area contributed by atoms with Crippen molar-refractivity contribution in [2.24, 2.45) is 7.05 Å². The minimum atomic E-state index is -0.913. The lowest BCUT2D eigenvalue weighted by Crippen LogP contribution is -2.38. The summed E-state index contributed by atoms with van der Waals surface area (Å²) in [5.41, 5.74) is 0.339. The largest absolute Gasteiger partial charge is 0.481 e. The van der Waals surface area contributed by atoms with Crippen LogP contribution in [0.3, 0.4) is 0 Å². The molecule has 0 aromatic carbocycles. The molecule has 0 fully saturated rings. The number of aryl methyl sites for hydroxylation is 1. The number of carbonyl (C=O) groups excluding carboxylic acids is 1. The van der Waals surface area contributed by atoms with Gasteiger partial charge in [0.05, 0.1) is 12.7 Å². The van der Waals surface area contributed by atoms with Crippen molar-refractivity contribution in [2.75, 3.05) is 6.54 Å². The van der Waals surface area contributed by atoms with E-state index in [9.17, 15) is 9.59 Å². The molecule has 1 aromatic heterocycles. The first-order valence-electron chi connectivity index (χ1n) is 5.42. The molecule has 0 saturated heterocycles. The lowest BCUT2D eigenvalue weighted by molar-refractivity contribution is -0.137. The van der Waals surface area contributed by atoms with E-state index in [0.717, 1.165) is 0 Å². The first kappa shape index (κ1) is 13.2. The summed E-state index contributed by atoms with van der Waals surface area (Å²) in [5.74, 6) is -1.15. The number of imidazole rings is 1. The number of hydrogen-bond donors (Lipinski definition) is 1. The fraction of sp³-hybridized carbons (Fsp3) is 0.545. The van der Waals surface area contributed by atoms with Gasteiger partial charge in [0, 0.05) is 25.8 Å². The van der Waals surface area contributed by atoms with E-state index in [4.69, 9.17) is 5.11 Å². The summed E-state index contributed by atoms with van der Waals surface area (Å²) in [4.78, 5) is 28.1. The third-order valence-corrected chi connectivity index (χ3v) is 2.37. The number of carboxylic acid groups (broad SMARTS) is 1. The molecular formula is C11H17N3O3. The highest BCUT2D eigenvalue weighted by Crippen LogP contribution is 2.07. The molecule has 0 unspecified atom stereocenters. The minimum absolute atomic E-state index is 0.0520. The smallest absolute Gasteiger partial charge is 0.305 e. The van der Waals surface area contributed by atoms with Crippen LogP contribution in [0.2, 0.25) is 0 Å². The molecule has 0 aliphatic rings. The Hall–Kier alpha value is -1.85. The van der Waals surface area contributed by atoms with Crippen LogP contribution >= 0.6 is 0 Å². The summed E-state index contributed by atoms with van der Waals surface area (Å²) >= 11 is 0. The van der Waals surface area contributed by atoms with Gasteiger partial charge in [-0.3, -0.25) is 9.59 Å². The topological polar surface area (TPSA) is 75.4 Å². The van der Waals surface area contributed by atoms with Gasteiger partial charge in [-0.25, -0.2) is 4.98 Å².